The number of amides is 1. The van der Waals surface area contributed by atoms with E-state index in [1.807, 2.05) is 25.1 Å². The number of ether oxygens (including phenoxy) is 2. The summed E-state index contributed by atoms with van der Waals surface area (Å²) in [4.78, 5) is 24.7. The van der Waals surface area contributed by atoms with Gasteiger partial charge in [0.2, 0.25) is 0 Å². The third-order valence-corrected chi connectivity index (χ3v) is 4.52. The van der Waals surface area contributed by atoms with E-state index in [-0.39, 0.29) is 11.6 Å². The van der Waals surface area contributed by atoms with Crippen molar-refractivity contribution in [2.75, 3.05) is 12.4 Å². The minimum Gasteiger partial charge on any atom is -0.497 e. The number of carbonyl (C=O) groups excluding carboxylic acids is 1. The Balaban J connectivity index is 1.79. The molecule has 0 saturated carbocycles. The van der Waals surface area contributed by atoms with E-state index in [0.717, 1.165) is 11.0 Å². The SMILES string of the molecule is CC[C@H](Oc1cccc(OC)c1)C(=O)Nc1ccc2c(c1)n(C)c(=O)n2C. The van der Waals surface area contributed by atoms with Crippen molar-refractivity contribution in [3.8, 4) is 11.5 Å². The van der Waals surface area contributed by atoms with Gasteiger partial charge in [-0.2, -0.15) is 0 Å². The fourth-order valence-electron chi connectivity index (χ4n) is 2.97. The van der Waals surface area contributed by atoms with Crippen LogP contribution in [0.25, 0.3) is 11.0 Å². The van der Waals surface area contributed by atoms with Gasteiger partial charge in [0.1, 0.15) is 11.5 Å². The summed E-state index contributed by atoms with van der Waals surface area (Å²) in [6.45, 7) is 1.88. The summed E-state index contributed by atoms with van der Waals surface area (Å²) in [7, 11) is 5.01. The summed E-state index contributed by atoms with van der Waals surface area (Å²) in [5.74, 6) is 0.982. The standard InChI is InChI=1S/C20H23N3O4/c1-5-18(27-15-8-6-7-14(12-15)26-4)19(24)21-13-9-10-16-17(11-13)23(3)20(25)22(16)2/h6-12,18H,5H2,1-4H3,(H,21,24)/t18-/m0/s1. The largest absolute Gasteiger partial charge is 0.497 e. The highest BCUT2D eigenvalue weighted by molar-refractivity contribution is 5.96. The number of aryl methyl sites for hydroxylation is 2. The summed E-state index contributed by atoms with van der Waals surface area (Å²) in [5, 5.41) is 2.87. The van der Waals surface area contributed by atoms with Gasteiger partial charge < -0.3 is 14.8 Å². The van der Waals surface area contributed by atoms with Crippen molar-refractivity contribution in [3.63, 3.8) is 0 Å². The van der Waals surface area contributed by atoms with Crippen LogP contribution >= 0.6 is 0 Å². The van der Waals surface area contributed by atoms with Gasteiger partial charge in [-0.25, -0.2) is 4.79 Å². The lowest BCUT2D eigenvalue weighted by Gasteiger charge is -2.18. The molecule has 7 heteroatoms. The molecule has 0 unspecified atom stereocenters. The number of fused-ring (bicyclic) bond motifs is 1. The van der Waals surface area contributed by atoms with Gasteiger partial charge in [0.05, 0.1) is 18.1 Å². The molecule has 1 aromatic heterocycles. The minimum absolute atomic E-state index is 0.110. The van der Waals surface area contributed by atoms with Crippen molar-refractivity contribution >= 4 is 22.6 Å². The summed E-state index contributed by atoms with van der Waals surface area (Å²) < 4.78 is 14.1. The van der Waals surface area contributed by atoms with Crippen LogP contribution in [0.3, 0.4) is 0 Å². The van der Waals surface area contributed by atoms with E-state index >= 15 is 0 Å². The van der Waals surface area contributed by atoms with E-state index in [2.05, 4.69) is 5.32 Å². The molecule has 0 aliphatic carbocycles. The highest BCUT2D eigenvalue weighted by atomic mass is 16.5. The second-order valence-corrected chi connectivity index (χ2v) is 6.29. The molecule has 0 fully saturated rings. The third-order valence-electron chi connectivity index (χ3n) is 4.52. The quantitative estimate of drug-likeness (QED) is 0.725. The third kappa shape index (κ3) is 3.67. The van der Waals surface area contributed by atoms with Crippen molar-refractivity contribution < 1.29 is 14.3 Å². The van der Waals surface area contributed by atoms with Gasteiger partial charge in [0.25, 0.3) is 5.91 Å². The number of imidazole rings is 1. The summed E-state index contributed by atoms with van der Waals surface area (Å²) in [5.41, 5.74) is 2.06. The monoisotopic (exact) mass is 369 g/mol. The number of nitrogens with zero attached hydrogens (tertiary/aromatic N) is 2. The van der Waals surface area contributed by atoms with Crippen LogP contribution in [0.15, 0.2) is 47.3 Å². The van der Waals surface area contributed by atoms with Crippen LogP contribution in [0, 0.1) is 0 Å². The predicted molar refractivity (Wildman–Crippen MR) is 104 cm³/mol. The number of hydrogen-bond acceptors (Lipinski definition) is 4. The zero-order chi connectivity index (χ0) is 19.6. The number of carbonyl (C=O) groups is 1. The average molecular weight is 369 g/mol. The number of rotatable bonds is 6. The van der Waals surface area contributed by atoms with Gasteiger partial charge in [0.15, 0.2) is 6.10 Å². The maximum absolute atomic E-state index is 12.7. The average Bonchev–Trinajstić information content (AvgIpc) is 2.90. The normalized spacial score (nSPS) is 12.0. The van der Waals surface area contributed by atoms with Crippen LogP contribution in [0.4, 0.5) is 5.69 Å². The Morgan fingerprint density at radius 1 is 1.07 bits per heavy atom. The van der Waals surface area contributed by atoms with Crippen molar-refractivity contribution in [1.82, 2.24) is 9.13 Å². The molecule has 0 bridgehead atoms. The highest BCUT2D eigenvalue weighted by Crippen LogP contribution is 2.22. The fraction of sp³-hybridized carbons (Fsp3) is 0.300. The Hall–Kier alpha value is -3.22. The molecule has 0 spiro atoms. The van der Waals surface area contributed by atoms with Crippen LogP contribution in [0.5, 0.6) is 11.5 Å². The lowest BCUT2D eigenvalue weighted by atomic mass is 10.2. The molecule has 27 heavy (non-hydrogen) atoms. The molecule has 1 N–H and O–H groups in total. The van der Waals surface area contributed by atoms with E-state index in [0.29, 0.717) is 23.6 Å². The van der Waals surface area contributed by atoms with Crippen molar-refractivity contribution in [2.24, 2.45) is 14.1 Å². The topological polar surface area (TPSA) is 74.5 Å². The number of hydrogen-bond donors (Lipinski definition) is 1. The second-order valence-electron chi connectivity index (χ2n) is 6.29. The Morgan fingerprint density at radius 3 is 2.48 bits per heavy atom. The molecule has 0 aliphatic heterocycles. The van der Waals surface area contributed by atoms with Gasteiger partial charge in [-0.15, -0.1) is 0 Å². The molecule has 0 aliphatic rings. The van der Waals surface area contributed by atoms with Crippen LogP contribution in [0.2, 0.25) is 0 Å². The van der Waals surface area contributed by atoms with Crippen LogP contribution in [-0.4, -0.2) is 28.3 Å². The zero-order valence-corrected chi connectivity index (χ0v) is 15.9. The molecule has 1 heterocycles. The van der Waals surface area contributed by atoms with E-state index in [4.69, 9.17) is 9.47 Å². The Labute approximate surface area is 157 Å². The van der Waals surface area contributed by atoms with Gasteiger partial charge in [-0.1, -0.05) is 13.0 Å². The summed E-state index contributed by atoms with van der Waals surface area (Å²) in [6, 6.07) is 12.5. The molecular weight excluding hydrogens is 346 g/mol. The minimum atomic E-state index is -0.646. The fourth-order valence-corrected chi connectivity index (χ4v) is 2.97. The van der Waals surface area contributed by atoms with Crippen LogP contribution in [-0.2, 0) is 18.9 Å². The van der Waals surface area contributed by atoms with E-state index < -0.39 is 6.10 Å². The van der Waals surface area contributed by atoms with Crippen molar-refractivity contribution in [3.05, 3.63) is 52.9 Å². The molecular formula is C20H23N3O4. The first-order valence-corrected chi connectivity index (χ1v) is 8.71. The highest BCUT2D eigenvalue weighted by Gasteiger charge is 2.19. The lowest BCUT2D eigenvalue weighted by Crippen LogP contribution is -2.32. The second kappa shape index (κ2) is 7.57. The Kier molecular flexibility index (Phi) is 5.21. The molecule has 7 nitrogen and oxygen atoms in total. The first-order chi connectivity index (χ1) is 12.9. The predicted octanol–water partition coefficient (Wildman–Crippen LogP) is 2.68. The molecule has 2 aromatic carbocycles. The van der Waals surface area contributed by atoms with Gasteiger partial charge in [-0.05, 0) is 36.8 Å². The van der Waals surface area contributed by atoms with Crippen LogP contribution < -0.4 is 20.5 Å². The summed E-state index contributed by atoms with van der Waals surface area (Å²) >= 11 is 0. The molecule has 142 valence electrons. The van der Waals surface area contributed by atoms with E-state index in [1.165, 1.54) is 0 Å². The molecule has 3 aromatic rings. The number of nitrogens with one attached hydrogen (secondary N) is 1. The van der Waals surface area contributed by atoms with Crippen LogP contribution in [0.1, 0.15) is 13.3 Å². The molecule has 0 radical (unpaired) electrons. The molecule has 1 amide bonds. The molecule has 0 saturated heterocycles. The lowest BCUT2D eigenvalue weighted by molar-refractivity contribution is -0.122. The first-order valence-electron chi connectivity index (χ1n) is 8.71. The number of methoxy groups -OCH3 is 1. The van der Waals surface area contributed by atoms with Crippen molar-refractivity contribution in [2.45, 2.75) is 19.4 Å². The zero-order valence-electron chi connectivity index (χ0n) is 15.9. The number of anilines is 1. The maximum atomic E-state index is 12.7. The molecule has 3 rings (SSSR count). The van der Waals surface area contributed by atoms with Gasteiger partial charge in [-0.3, -0.25) is 13.9 Å². The smallest absolute Gasteiger partial charge is 0.328 e. The Bertz CT molecular complexity index is 1040. The Morgan fingerprint density at radius 2 is 1.78 bits per heavy atom. The molecule has 1 atom stereocenters. The van der Waals surface area contributed by atoms with Gasteiger partial charge in [0, 0.05) is 25.8 Å². The summed E-state index contributed by atoms with van der Waals surface area (Å²) in [6.07, 6.45) is -0.137. The van der Waals surface area contributed by atoms with Gasteiger partial charge >= 0.3 is 5.69 Å². The van der Waals surface area contributed by atoms with Crippen molar-refractivity contribution in [1.29, 1.82) is 0 Å². The first kappa shape index (κ1) is 18.6. The number of aromatic nitrogens is 2. The maximum Gasteiger partial charge on any atom is 0.328 e. The van der Waals surface area contributed by atoms with E-state index in [9.17, 15) is 9.59 Å². The number of benzene rings is 2. The van der Waals surface area contributed by atoms with E-state index in [1.54, 1.807) is 54.6 Å².